The van der Waals surface area contributed by atoms with Gasteiger partial charge in [0.25, 0.3) is 0 Å². The second-order valence-corrected chi connectivity index (χ2v) is 5.60. The third-order valence-electron chi connectivity index (χ3n) is 3.42. The summed E-state index contributed by atoms with van der Waals surface area (Å²) >= 11 is 3.26. The predicted molar refractivity (Wildman–Crippen MR) is 85.0 cm³/mol. The van der Waals surface area contributed by atoms with Crippen LogP contribution < -0.4 is 11.3 Å². The number of para-hydroxylation sites is 1. The molecule has 3 N–H and O–H groups in total. The summed E-state index contributed by atoms with van der Waals surface area (Å²) < 4.78 is 14.9. The van der Waals surface area contributed by atoms with Gasteiger partial charge in [-0.1, -0.05) is 46.3 Å². The summed E-state index contributed by atoms with van der Waals surface area (Å²) in [5.74, 6) is 5.36. The highest BCUT2D eigenvalue weighted by molar-refractivity contribution is 9.10. The number of hydrogen-bond acceptors (Lipinski definition) is 3. The van der Waals surface area contributed by atoms with Crippen LogP contribution in [0.3, 0.4) is 0 Å². The van der Waals surface area contributed by atoms with E-state index in [2.05, 4.69) is 26.3 Å². The Morgan fingerprint density at radius 1 is 1.10 bits per heavy atom. The fourth-order valence-corrected chi connectivity index (χ4v) is 2.78. The number of halogens is 2. The summed E-state index contributed by atoms with van der Waals surface area (Å²) in [6.07, 6.45) is 1.72. The van der Waals surface area contributed by atoms with Crippen molar-refractivity contribution >= 4 is 26.8 Å². The van der Waals surface area contributed by atoms with Crippen LogP contribution in [-0.4, -0.2) is 4.98 Å². The molecular formula is C16H13BrFN3. The number of aromatic nitrogens is 1. The Morgan fingerprint density at radius 3 is 2.67 bits per heavy atom. The number of hydrogen-bond donors (Lipinski definition) is 2. The van der Waals surface area contributed by atoms with Crippen molar-refractivity contribution in [2.45, 2.75) is 6.04 Å². The maximum atomic E-state index is 14.2. The Balaban J connectivity index is 2.18. The van der Waals surface area contributed by atoms with Crippen molar-refractivity contribution in [3.05, 3.63) is 76.1 Å². The lowest BCUT2D eigenvalue weighted by molar-refractivity contribution is 0.561. The van der Waals surface area contributed by atoms with Gasteiger partial charge < -0.3 is 0 Å². The molecular weight excluding hydrogens is 333 g/mol. The zero-order valence-electron chi connectivity index (χ0n) is 11.1. The topological polar surface area (TPSA) is 50.9 Å². The Hall–Kier alpha value is -1.82. The lowest BCUT2D eigenvalue weighted by atomic mass is 9.96. The molecule has 0 spiro atoms. The quantitative estimate of drug-likeness (QED) is 0.562. The van der Waals surface area contributed by atoms with Gasteiger partial charge in [-0.2, -0.15) is 0 Å². The number of hydrazine groups is 1. The monoisotopic (exact) mass is 345 g/mol. The van der Waals surface area contributed by atoms with E-state index in [0.717, 1.165) is 16.5 Å². The second-order valence-electron chi connectivity index (χ2n) is 4.69. The Bertz CT molecular complexity index is 786. The van der Waals surface area contributed by atoms with Gasteiger partial charge in [0, 0.05) is 27.2 Å². The highest BCUT2D eigenvalue weighted by atomic mass is 79.9. The van der Waals surface area contributed by atoms with Crippen LogP contribution in [0.25, 0.3) is 10.9 Å². The molecule has 3 rings (SSSR count). The Kier molecular flexibility index (Phi) is 3.96. The van der Waals surface area contributed by atoms with Gasteiger partial charge in [-0.25, -0.2) is 9.82 Å². The number of nitrogens with zero attached hydrogens (tertiary/aromatic N) is 1. The summed E-state index contributed by atoms with van der Waals surface area (Å²) in [6, 6.07) is 14.1. The minimum absolute atomic E-state index is 0.319. The van der Waals surface area contributed by atoms with E-state index in [1.165, 1.54) is 6.07 Å². The molecule has 3 nitrogen and oxygen atoms in total. The highest BCUT2D eigenvalue weighted by Crippen LogP contribution is 2.29. The molecule has 0 amide bonds. The SMILES string of the molecule is NNC(c1ccc(Br)cc1F)c1cccc2cccnc12. The van der Waals surface area contributed by atoms with E-state index < -0.39 is 6.04 Å². The number of nitrogens with two attached hydrogens (primary N) is 1. The van der Waals surface area contributed by atoms with Crippen LogP contribution in [-0.2, 0) is 0 Å². The zero-order chi connectivity index (χ0) is 14.8. The van der Waals surface area contributed by atoms with Crippen LogP contribution in [0.1, 0.15) is 17.2 Å². The minimum Gasteiger partial charge on any atom is -0.271 e. The predicted octanol–water partition coefficient (Wildman–Crippen LogP) is 3.69. The largest absolute Gasteiger partial charge is 0.271 e. The summed E-state index contributed by atoms with van der Waals surface area (Å²) in [4.78, 5) is 4.40. The highest BCUT2D eigenvalue weighted by Gasteiger charge is 2.19. The van der Waals surface area contributed by atoms with Gasteiger partial charge in [0.2, 0.25) is 0 Å². The van der Waals surface area contributed by atoms with Crippen LogP contribution in [0.2, 0.25) is 0 Å². The molecule has 21 heavy (non-hydrogen) atoms. The van der Waals surface area contributed by atoms with E-state index in [9.17, 15) is 4.39 Å². The third-order valence-corrected chi connectivity index (χ3v) is 3.91. The smallest absolute Gasteiger partial charge is 0.129 e. The molecule has 0 fully saturated rings. The fourth-order valence-electron chi connectivity index (χ4n) is 2.44. The standard InChI is InChI=1S/C16H13BrFN3/c17-11-6-7-12(14(18)9-11)16(21-19)13-5-1-3-10-4-2-8-20-15(10)13/h1-9,16,21H,19H2. The zero-order valence-corrected chi connectivity index (χ0v) is 12.6. The summed E-state index contributed by atoms with van der Waals surface area (Å²) in [5.41, 5.74) is 4.83. The Labute approximate surface area is 130 Å². The first-order chi connectivity index (χ1) is 10.2. The molecule has 1 atom stereocenters. The third kappa shape index (κ3) is 2.68. The normalized spacial score (nSPS) is 12.5. The molecule has 0 aliphatic rings. The van der Waals surface area contributed by atoms with E-state index in [4.69, 9.17) is 5.84 Å². The van der Waals surface area contributed by atoms with Gasteiger partial charge in [0.05, 0.1) is 11.6 Å². The fraction of sp³-hybridized carbons (Fsp3) is 0.0625. The van der Waals surface area contributed by atoms with Crippen molar-refractivity contribution in [2.75, 3.05) is 0 Å². The molecule has 0 bridgehead atoms. The van der Waals surface area contributed by atoms with Gasteiger partial charge >= 0.3 is 0 Å². The van der Waals surface area contributed by atoms with E-state index in [-0.39, 0.29) is 5.82 Å². The number of benzene rings is 2. The maximum absolute atomic E-state index is 14.2. The molecule has 106 valence electrons. The molecule has 0 aliphatic carbocycles. The average molecular weight is 346 g/mol. The van der Waals surface area contributed by atoms with Crippen LogP contribution >= 0.6 is 15.9 Å². The molecule has 0 radical (unpaired) electrons. The molecule has 0 saturated carbocycles. The minimum atomic E-state index is -0.461. The number of fused-ring (bicyclic) bond motifs is 1. The van der Waals surface area contributed by atoms with Gasteiger partial charge in [0.1, 0.15) is 5.82 Å². The molecule has 0 saturated heterocycles. The van der Waals surface area contributed by atoms with Crippen LogP contribution in [0.5, 0.6) is 0 Å². The summed E-state index contributed by atoms with van der Waals surface area (Å²) in [7, 11) is 0. The van der Waals surface area contributed by atoms with Crippen molar-refractivity contribution in [1.82, 2.24) is 10.4 Å². The van der Waals surface area contributed by atoms with Crippen molar-refractivity contribution in [3.63, 3.8) is 0 Å². The van der Waals surface area contributed by atoms with Gasteiger partial charge in [0.15, 0.2) is 0 Å². The average Bonchev–Trinajstić information content (AvgIpc) is 2.50. The van der Waals surface area contributed by atoms with Gasteiger partial charge in [-0.15, -0.1) is 0 Å². The van der Waals surface area contributed by atoms with Crippen molar-refractivity contribution in [2.24, 2.45) is 5.84 Å². The first kappa shape index (κ1) is 14.1. The number of nitrogens with one attached hydrogen (secondary N) is 1. The van der Waals surface area contributed by atoms with E-state index in [1.807, 2.05) is 30.3 Å². The van der Waals surface area contributed by atoms with Crippen molar-refractivity contribution in [1.29, 1.82) is 0 Å². The van der Waals surface area contributed by atoms with E-state index >= 15 is 0 Å². The molecule has 5 heteroatoms. The summed E-state index contributed by atoms with van der Waals surface area (Å²) in [6.45, 7) is 0. The number of pyridine rings is 1. The molecule has 1 heterocycles. The lowest BCUT2D eigenvalue weighted by Crippen LogP contribution is -2.29. The second kappa shape index (κ2) is 5.89. The van der Waals surface area contributed by atoms with E-state index in [0.29, 0.717) is 10.0 Å². The molecule has 0 aliphatic heterocycles. The molecule has 1 unspecified atom stereocenters. The first-order valence-corrected chi connectivity index (χ1v) is 7.24. The van der Waals surface area contributed by atoms with Crippen LogP contribution in [0.4, 0.5) is 4.39 Å². The van der Waals surface area contributed by atoms with Crippen molar-refractivity contribution < 1.29 is 4.39 Å². The Morgan fingerprint density at radius 2 is 1.90 bits per heavy atom. The van der Waals surface area contributed by atoms with Crippen LogP contribution in [0.15, 0.2) is 59.2 Å². The summed E-state index contributed by atoms with van der Waals surface area (Å²) in [5, 5.41) is 0.993. The van der Waals surface area contributed by atoms with Crippen LogP contribution in [0, 0.1) is 5.82 Å². The maximum Gasteiger partial charge on any atom is 0.129 e. The van der Waals surface area contributed by atoms with Gasteiger partial charge in [-0.05, 0) is 18.2 Å². The van der Waals surface area contributed by atoms with E-state index in [1.54, 1.807) is 18.3 Å². The number of rotatable bonds is 3. The first-order valence-electron chi connectivity index (χ1n) is 6.45. The van der Waals surface area contributed by atoms with Gasteiger partial charge in [-0.3, -0.25) is 10.8 Å². The molecule has 1 aromatic heterocycles. The molecule has 2 aromatic carbocycles. The molecule has 3 aromatic rings. The van der Waals surface area contributed by atoms with Crippen molar-refractivity contribution in [3.8, 4) is 0 Å². The lowest BCUT2D eigenvalue weighted by Gasteiger charge is -2.19.